The molecule has 1 nitrogen and oxygen atoms in total. The molecular weight excluding hydrogens is 305 g/mol. The molecule has 1 N–H and O–H groups in total. The molecule has 1 aromatic rings. The van der Waals surface area contributed by atoms with E-state index in [1.165, 1.54) is 5.56 Å². The lowest BCUT2D eigenvalue weighted by Gasteiger charge is -2.32. The summed E-state index contributed by atoms with van der Waals surface area (Å²) in [7, 11) is 0. The number of nitrogens with one attached hydrogen (secondary N) is 1. The highest BCUT2D eigenvalue weighted by Gasteiger charge is 2.26. The van der Waals surface area contributed by atoms with Crippen LogP contribution in [0.5, 0.6) is 0 Å². The van der Waals surface area contributed by atoms with Gasteiger partial charge in [0.25, 0.3) is 0 Å². The van der Waals surface area contributed by atoms with Crippen molar-refractivity contribution in [2.75, 3.05) is 13.1 Å². The van der Waals surface area contributed by atoms with Gasteiger partial charge in [-0.15, -0.1) is 0 Å². The van der Waals surface area contributed by atoms with E-state index in [1.54, 1.807) is 12.1 Å². The van der Waals surface area contributed by atoms with E-state index >= 15 is 0 Å². The third-order valence-electron chi connectivity index (χ3n) is 4.01. The molecule has 0 heterocycles. The molecule has 0 spiro atoms. The number of rotatable bonds is 8. The van der Waals surface area contributed by atoms with E-state index in [1.807, 2.05) is 6.07 Å². The highest BCUT2D eigenvalue weighted by atomic mass is 79.9. The molecule has 0 saturated carbocycles. The Kier molecular flexibility index (Phi) is 7.01. The van der Waals surface area contributed by atoms with Crippen LogP contribution in [0.2, 0.25) is 0 Å². The van der Waals surface area contributed by atoms with Crippen LogP contribution in [-0.4, -0.2) is 13.1 Å². The van der Waals surface area contributed by atoms with Crippen molar-refractivity contribution in [1.82, 2.24) is 5.32 Å². The lowest BCUT2D eigenvalue weighted by molar-refractivity contribution is 0.246. The van der Waals surface area contributed by atoms with Crippen molar-refractivity contribution in [3.05, 3.63) is 34.1 Å². The van der Waals surface area contributed by atoms with Crippen molar-refractivity contribution >= 4 is 15.9 Å². The lowest BCUT2D eigenvalue weighted by atomic mass is 9.77. The molecule has 0 aliphatic heterocycles. The normalized spacial score (nSPS) is 11.8. The Bertz CT molecular complexity index is 388. The van der Waals surface area contributed by atoms with Gasteiger partial charge in [0.1, 0.15) is 5.82 Å². The van der Waals surface area contributed by atoms with Gasteiger partial charge in [0.15, 0.2) is 0 Å². The Hall–Kier alpha value is -0.410. The Morgan fingerprint density at radius 3 is 2.42 bits per heavy atom. The first kappa shape index (κ1) is 16.6. The second-order valence-corrected chi connectivity index (χ2v) is 6.15. The minimum Gasteiger partial charge on any atom is -0.316 e. The van der Waals surface area contributed by atoms with Crippen LogP contribution < -0.4 is 5.32 Å². The zero-order valence-corrected chi connectivity index (χ0v) is 13.8. The van der Waals surface area contributed by atoms with Crippen LogP contribution in [0.3, 0.4) is 0 Å². The topological polar surface area (TPSA) is 12.0 Å². The molecule has 0 atom stereocenters. The zero-order valence-electron chi connectivity index (χ0n) is 12.2. The predicted octanol–water partition coefficient (Wildman–Crippen LogP) is 4.94. The average molecular weight is 330 g/mol. The number of hydrogen-bond acceptors (Lipinski definition) is 1. The van der Waals surface area contributed by atoms with Gasteiger partial charge in [-0.2, -0.15) is 0 Å². The monoisotopic (exact) mass is 329 g/mol. The molecule has 1 aromatic carbocycles. The van der Waals surface area contributed by atoms with Crippen molar-refractivity contribution < 1.29 is 4.39 Å². The summed E-state index contributed by atoms with van der Waals surface area (Å²) in [5.41, 5.74) is 1.46. The second-order valence-electron chi connectivity index (χ2n) is 5.30. The van der Waals surface area contributed by atoms with Crippen LogP contribution in [0.4, 0.5) is 4.39 Å². The quantitative estimate of drug-likeness (QED) is 0.666. The van der Waals surface area contributed by atoms with Crippen molar-refractivity contribution in [1.29, 1.82) is 0 Å². The standard InChI is InChI=1S/C16H25BrFN/c1-4-9-19-12-16(5-2,6-3)11-13-7-8-14(18)10-15(13)17/h7-8,10,19H,4-6,9,11-12H2,1-3H3. The van der Waals surface area contributed by atoms with E-state index in [9.17, 15) is 4.39 Å². The molecule has 3 heteroatoms. The van der Waals surface area contributed by atoms with Crippen molar-refractivity contribution in [2.24, 2.45) is 5.41 Å². The van der Waals surface area contributed by atoms with Gasteiger partial charge in [-0.1, -0.05) is 42.8 Å². The number of benzene rings is 1. The van der Waals surface area contributed by atoms with E-state index in [0.717, 1.165) is 43.2 Å². The van der Waals surface area contributed by atoms with Crippen molar-refractivity contribution in [3.8, 4) is 0 Å². The SMILES string of the molecule is CCCNCC(CC)(CC)Cc1ccc(F)cc1Br. The Balaban J connectivity index is 2.81. The van der Waals surface area contributed by atoms with Crippen LogP contribution in [0.15, 0.2) is 22.7 Å². The first-order chi connectivity index (χ1) is 9.06. The third kappa shape index (κ3) is 4.88. The summed E-state index contributed by atoms with van der Waals surface area (Å²) in [4.78, 5) is 0. The van der Waals surface area contributed by atoms with Gasteiger partial charge in [0.2, 0.25) is 0 Å². The predicted molar refractivity (Wildman–Crippen MR) is 84.0 cm³/mol. The highest BCUT2D eigenvalue weighted by Crippen LogP contribution is 2.33. The summed E-state index contributed by atoms with van der Waals surface area (Å²) < 4.78 is 14.0. The van der Waals surface area contributed by atoms with Gasteiger partial charge in [-0.25, -0.2) is 4.39 Å². The Labute approximate surface area is 125 Å². The van der Waals surface area contributed by atoms with Gasteiger partial charge in [-0.3, -0.25) is 0 Å². The third-order valence-corrected chi connectivity index (χ3v) is 4.75. The molecule has 1 rings (SSSR count). The fraction of sp³-hybridized carbons (Fsp3) is 0.625. The Morgan fingerprint density at radius 1 is 1.21 bits per heavy atom. The van der Waals surface area contributed by atoms with E-state index in [4.69, 9.17) is 0 Å². The van der Waals surface area contributed by atoms with E-state index < -0.39 is 0 Å². The van der Waals surface area contributed by atoms with E-state index in [-0.39, 0.29) is 11.2 Å². The van der Waals surface area contributed by atoms with Crippen LogP contribution in [-0.2, 0) is 6.42 Å². The molecule has 0 amide bonds. The molecule has 0 radical (unpaired) electrons. The molecule has 0 bridgehead atoms. The summed E-state index contributed by atoms with van der Waals surface area (Å²) in [6.07, 6.45) is 4.40. The fourth-order valence-corrected chi connectivity index (χ4v) is 2.90. The molecule has 0 fully saturated rings. The largest absolute Gasteiger partial charge is 0.316 e. The molecule has 0 unspecified atom stereocenters. The summed E-state index contributed by atoms with van der Waals surface area (Å²) in [6, 6.07) is 5.01. The summed E-state index contributed by atoms with van der Waals surface area (Å²) >= 11 is 3.48. The molecule has 0 aliphatic rings. The summed E-state index contributed by atoms with van der Waals surface area (Å²) in [6.45, 7) is 8.76. The summed E-state index contributed by atoms with van der Waals surface area (Å²) in [5, 5.41) is 3.54. The maximum atomic E-state index is 13.2. The molecule has 0 aliphatic carbocycles. The maximum absolute atomic E-state index is 13.2. The van der Waals surface area contributed by atoms with Gasteiger partial charge in [0.05, 0.1) is 0 Å². The van der Waals surface area contributed by atoms with E-state index in [2.05, 4.69) is 42.0 Å². The molecule has 0 saturated heterocycles. The first-order valence-corrected chi connectivity index (χ1v) is 8.01. The summed E-state index contributed by atoms with van der Waals surface area (Å²) in [5.74, 6) is -0.182. The van der Waals surface area contributed by atoms with Gasteiger partial charge >= 0.3 is 0 Å². The van der Waals surface area contributed by atoms with Crippen molar-refractivity contribution in [2.45, 2.75) is 46.5 Å². The van der Waals surface area contributed by atoms with Crippen LogP contribution in [0.25, 0.3) is 0 Å². The fourth-order valence-electron chi connectivity index (χ4n) is 2.41. The molecule has 108 valence electrons. The van der Waals surface area contributed by atoms with Gasteiger partial charge in [-0.05, 0) is 55.3 Å². The number of halogens is 2. The maximum Gasteiger partial charge on any atom is 0.124 e. The first-order valence-electron chi connectivity index (χ1n) is 7.21. The highest BCUT2D eigenvalue weighted by molar-refractivity contribution is 9.10. The van der Waals surface area contributed by atoms with Gasteiger partial charge in [0, 0.05) is 11.0 Å². The van der Waals surface area contributed by atoms with Crippen LogP contribution in [0, 0.1) is 11.2 Å². The van der Waals surface area contributed by atoms with Crippen molar-refractivity contribution in [3.63, 3.8) is 0 Å². The second kappa shape index (κ2) is 8.01. The van der Waals surface area contributed by atoms with Crippen LogP contribution in [0.1, 0.15) is 45.6 Å². The zero-order chi connectivity index (χ0) is 14.3. The average Bonchev–Trinajstić information content (AvgIpc) is 2.41. The molecule has 19 heavy (non-hydrogen) atoms. The number of hydrogen-bond donors (Lipinski definition) is 1. The molecular formula is C16H25BrFN. The molecule has 0 aromatic heterocycles. The lowest BCUT2D eigenvalue weighted by Crippen LogP contribution is -2.35. The smallest absolute Gasteiger partial charge is 0.124 e. The van der Waals surface area contributed by atoms with Gasteiger partial charge < -0.3 is 5.32 Å². The minimum atomic E-state index is -0.182. The van der Waals surface area contributed by atoms with Crippen LogP contribution >= 0.6 is 15.9 Å². The Morgan fingerprint density at radius 2 is 1.89 bits per heavy atom. The minimum absolute atomic E-state index is 0.182. The van der Waals surface area contributed by atoms with E-state index in [0.29, 0.717) is 0 Å².